The summed E-state index contributed by atoms with van der Waals surface area (Å²) in [7, 11) is 2.21. The number of aryl methyl sites for hydroxylation is 1. The van der Waals surface area contributed by atoms with Gasteiger partial charge in [0.15, 0.2) is 5.69 Å². The molecule has 0 bridgehead atoms. The van der Waals surface area contributed by atoms with Gasteiger partial charge in [-0.15, -0.1) is 0 Å². The van der Waals surface area contributed by atoms with Crippen LogP contribution in [0.15, 0.2) is 53.2 Å². The number of rotatable bonds is 5. The molecule has 1 saturated heterocycles. The smallest absolute Gasteiger partial charge is 0.278 e. The van der Waals surface area contributed by atoms with Crippen LogP contribution in [-0.2, 0) is 16.6 Å². The van der Waals surface area contributed by atoms with E-state index in [0.717, 1.165) is 30.0 Å². The second-order valence-corrected chi connectivity index (χ2v) is 8.26. The lowest BCUT2D eigenvalue weighted by Gasteiger charge is -2.38. The van der Waals surface area contributed by atoms with E-state index >= 15 is 0 Å². The monoisotopic (exact) mass is 419 g/mol. The third-order valence-electron chi connectivity index (χ3n) is 5.43. The summed E-state index contributed by atoms with van der Waals surface area (Å²) in [6.07, 6.45) is 1.74. The van der Waals surface area contributed by atoms with E-state index in [1.807, 2.05) is 35.9 Å². The normalized spacial score (nSPS) is 15.1. The van der Waals surface area contributed by atoms with E-state index in [4.69, 9.17) is 20.9 Å². The summed E-state index contributed by atoms with van der Waals surface area (Å²) in [6.45, 7) is 4.08. The van der Waals surface area contributed by atoms with Gasteiger partial charge in [0.2, 0.25) is 5.82 Å². The summed E-state index contributed by atoms with van der Waals surface area (Å²) in [5.41, 5.74) is 4.80. The molecule has 0 N–H and O–H groups in total. The standard InChI is InChI=1S/C21H19BClN5O2/c1-13-8-17(26-28(13)10-14-2-7-18(23)24-9-14)20-25-19(27-30-20)15-3-5-16(6-4-15)21(22)11-29-12-21/h2-9H,10-12,22H2,1H3. The van der Waals surface area contributed by atoms with Crippen LogP contribution in [0.5, 0.6) is 0 Å². The van der Waals surface area contributed by atoms with Gasteiger partial charge >= 0.3 is 0 Å². The van der Waals surface area contributed by atoms with Gasteiger partial charge in [-0.1, -0.05) is 47.1 Å². The topological polar surface area (TPSA) is 78.9 Å². The lowest BCUT2D eigenvalue weighted by atomic mass is 9.62. The molecule has 0 saturated carbocycles. The van der Waals surface area contributed by atoms with Crippen molar-refractivity contribution in [2.24, 2.45) is 0 Å². The van der Waals surface area contributed by atoms with Gasteiger partial charge < -0.3 is 9.26 Å². The molecule has 1 aliphatic heterocycles. The highest BCUT2D eigenvalue weighted by atomic mass is 35.5. The molecule has 0 unspecified atom stereocenters. The molecule has 150 valence electrons. The first-order chi connectivity index (χ1) is 14.5. The third-order valence-corrected chi connectivity index (χ3v) is 5.65. The highest BCUT2D eigenvalue weighted by molar-refractivity contribution is 6.29. The number of hydrogen-bond acceptors (Lipinski definition) is 6. The van der Waals surface area contributed by atoms with Crippen LogP contribution in [0.25, 0.3) is 23.0 Å². The predicted molar refractivity (Wildman–Crippen MR) is 115 cm³/mol. The second-order valence-electron chi connectivity index (χ2n) is 7.87. The number of nitrogens with zero attached hydrogens (tertiary/aromatic N) is 5. The molecule has 1 aromatic carbocycles. The molecule has 1 fully saturated rings. The van der Waals surface area contributed by atoms with Gasteiger partial charge in [-0.05, 0) is 30.2 Å². The van der Waals surface area contributed by atoms with Crippen LogP contribution in [0.3, 0.4) is 0 Å². The van der Waals surface area contributed by atoms with Crippen molar-refractivity contribution in [3.8, 4) is 23.0 Å². The fraction of sp³-hybridized carbons (Fsp3) is 0.238. The van der Waals surface area contributed by atoms with Crippen molar-refractivity contribution in [1.29, 1.82) is 0 Å². The average molecular weight is 420 g/mol. The highest BCUT2D eigenvalue weighted by Gasteiger charge is 2.34. The van der Waals surface area contributed by atoms with Crippen molar-refractivity contribution < 1.29 is 9.26 Å². The van der Waals surface area contributed by atoms with Crippen molar-refractivity contribution in [2.45, 2.75) is 18.8 Å². The van der Waals surface area contributed by atoms with Gasteiger partial charge in [-0.25, -0.2) is 4.98 Å². The molecule has 4 aromatic rings. The first-order valence-electron chi connectivity index (χ1n) is 9.68. The van der Waals surface area contributed by atoms with E-state index < -0.39 is 0 Å². The van der Waals surface area contributed by atoms with Gasteiger partial charge in [0.05, 0.1) is 19.8 Å². The maximum atomic E-state index is 5.86. The number of hydrogen-bond donors (Lipinski definition) is 0. The Labute approximate surface area is 179 Å². The van der Waals surface area contributed by atoms with Crippen LogP contribution in [0.4, 0.5) is 0 Å². The molecular formula is C21H19BClN5O2. The molecule has 0 radical (unpaired) electrons. The Morgan fingerprint density at radius 1 is 1.17 bits per heavy atom. The van der Waals surface area contributed by atoms with Crippen molar-refractivity contribution >= 4 is 19.4 Å². The van der Waals surface area contributed by atoms with Crippen LogP contribution in [0, 0.1) is 6.92 Å². The number of aromatic nitrogens is 5. The second kappa shape index (κ2) is 7.38. The molecule has 7 nitrogen and oxygen atoms in total. The van der Waals surface area contributed by atoms with Gasteiger partial charge in [0.1, 0.15) is 13.0 Å². The minimum atomic E-state index is 0.102. The summed E-state index contributed by atoms with van der Waals surface area (Å²) in [6, 6.07) is 13.9. The molecule has 1 aliphatic rings. The quantitative estimate of drug-likeness (QED) is 0.366. The van der Waals surface area contributed by atoms with E-state index in [0.29, 0.717) is 29.1 Å². The molecule has 0 spiro atoms. The molecule has 0 amide bonds. The molecule has 5 rings (SSSR count). The Kier molecular flexibility index (Phi) is 4.68. The Morgan fingerprint density at radius 3 is 2.63 bits per heavy atom. The Balaban J connectivity index is 1.36. The lowest BCUT2D eigenvalue weighted by Crippen LogP contribution is -2.47. The number of halogens is 1. The third kappa shape index (κ3) is 3.53. The first-order valence-corrected chi connectivity index (χ1v) is 10.1. The summed E-state index contributed by atoms with van der Waals surface area (Å²) < 4.78 is 12.7. The van der Waals surface area contributed by atoms with Crippen LogP contribution < -0.4 is 0 Å². The van der Waals surface area contributed by atoms with Crippen molar-refractivity contribution in [2.75, 3.05) is 13.2 Å². The van der Waals surface area contributed by atoms with Crippen molar-refractivity contribution in [3.05, 3.63) is 70.6 Å². The van der Waals surface area contributed by atoms with E-state index in [9.17, 15) is 0 Å². The fourth-order valence-corrected chi connectivity index (χ4v) is 3.60. The summed E-state index contributed by atoms with van der Waals surface area (Å²) in [5.74, 6) is 0.935. The average Bonchev–Trinajstić information content (AvgIpc) is 3.35. The summed E-state index contributed by atoms with van der Waals surface area (Å²) in [4.78, 5) is 8.66. The lowest BCUT2D eigenvalue weighted by molar-refractivity contribution is -0.0156. The SMILES string of the molecule is BC1(c2ccc(-c3noc(-c4cc(C)n(Cc5ccc(Cl)nc5)n4)n3)cc2)COC1. The number of pyridine rings is 1. The van der Waals surface area contributed by atoms with E-state index in [1.165, 1.54) is 5.56 Å². The molecule has 4 heterocycles. The van der Waals surface area contributed by atoms with Gasteiger partial charge in [0.25, 0.3) is 5.89 Å². The predicted octanol–water partition coefficient (Wildman–Crippen LogP) is 2.86. The largest absolute Gasteiger partial charge is 0.381 e. The molecule has 9 heteroatoms. The Hall–Kier alpha value is -2.97. The zero-order chi connectivity index (χ0) is 20.7. The molecule has 3 aromatic heterocycles. The minimum absolute atomic E-state index is 0.102. The van der Waals surface area contributed by atoms with Crippen LogP contribution in [0.2, 0.25) is 5.15 Å². The first kappa shape index (κ1) is 19.0. The summed E-state index contributed by atoms with van der Waals surface area (Å²) in [5, 5.41) is 9.32. The Bertz CT molecular complexity index is 1180. The zero-order valence-corrected chi connectivity index (χ0v) is 17.4. The van der Waals surface area contributed by atoms with Gasteiger partial charge in [-0.2, -0.15) is 10.1 Å². The van der Waals surface area contributed by atoms with E-state index in [-0.39, 0.29) is 5.31 Å². The minimum Gasteiger partial charge on any atom is -0.381 e. The van der Waals surface area contributed by atoms with Gasteiger partial charge in [-0.3, -0.25) is 4.68 Å². The maximum absolute atomic E-state index is 5.86. The van der Waals surface area contributed by atoms with Gasteiger partial charge in [0, 0.05) is 22.8 Å². The van der Waals surface area contributed by atoms with Crippen LogP contribution >= 0.6 is 11.6 Å². The Morgan fingerprint density at radius 2 is 1.97 bits per heavy atom. The van der Waals surface area contributed by atoms with Crippen LogP contribution in [0.1, 0.15) is 16.8 Å². The maximum Gasteiger partial charge on any atom is 0.278 e. The molecule has 30 heavy (non-hydrogen) atoms. The number of ether oxygens (including phenoxy) is 1. The van der Waals surface area contributed by atoms with Crippen LogP contribution in [-0.4, -0.2) is 46.0 Å². The molecule has 0 atom stereocenters. The van der Waals surface area contributed by atoms with Crippen molar-refractivity contribution in [3.63, 3.8) is 0 Å². The van der Waals surface area contributed by atoms with E-state index in [1.54, 1.807) is 12.3 Å². The van der Waals surface area contributed by atoms with E-state index in [2.05, 4.69) is 40.2 Å². The molecular weight excluding hydrogens is 401 g/mol. The molecule has 0 aliphatic carbocycles. The van der Waals surface area contributed by atoms with Crippen molar-refractivity contribution in [1.82, 2.24) is 24.9 Å². The zero-order valence-electron chi connectivity index (χ0n) is 16.7. The fourth-order valence-electron chi connectivity index (χ4n) is 3.49. The number of benzene rings is 1. The summed E-state index contributed by atoms with van der Waals surface area (Å²) >= 11 is 5.86. The highest BCUT2D eigenvalue weighted by Crippen LogP contribution is 2.30.